The van der Waals surface area contributed by atoms with Crippen molar-refractivity contribution in [1.29, 1.82) is 0 Å². The van der Waals surface area contributed by atoms with E-state index in [1.54, 1.807) is 0 Å². The number of benzene rings is 2. The Morgan fingerprint density at radius 1 is 1.00 bits per heavy atom. The fourth-order valence-corrected chi connectivity index (χ4v) is 3.71. The number of nitrogens with one attached hydrogen (secondary N) is 1. The van der Waals surface area contributed by atoms with Crippen molar-refractivity contribution in [3.05, 3.63) is 42.0 Å². The van der Waals surface area contributed by atoms with Gasteiger partial charge in [-0.15, -0.1) is 0 Å². The number of carbonyl (C=O) groups excluding carboxylic acids is 1. The molecule has 2 heterocycles. The highest BCUT2D eigenvalue weighted by Gasteiger charge is 2.27. The average Bonchev–Trinajstić information content (AvgIpc) is 2.85. The Balaban J connectivity index is 1.63. The number of hydrogen-bond donors (Lipinski definition) is 1. The fourth-order valence-electron chi connectivity index (χ4n) is 3.71. The summed E-state index contributed by atoms with van der Waals surface area (Å²) in [6, 6.07) is 12.5. The summed E-state index contributed by atoms with van der Waals surface area (Å²) in [5.74, 6) is 1.17. The number of fused-ring (bicyclic) bond motifs is 3. The molecule has 0 saturated carbocycles. The van der Waals surface area contributed by atoms with Crippen LogP contribution in [0.3, 0.4) is 0 Å². The number of carbonyl (C=O) groups is 1. The van der Waals surface area contributed by atoms with Gasteiger partial charge in [0.25, 0.3) is 0 Å². The Bertz CT molecular complexity index is 737. The molecule has 2 aromatic carbocycles. The second kappa shape index (κ2) is 6.81. The number of rotatable bonds is 2. The first-order chi connectivity index (χ1) is 11.8. The van der Waals surface area contributed by atoms with Crippen LogP contribution in [-0.4, -0.2) is 25.7 Å². The molecular weight excluding hydrogens is 302 g/mol. The van der Waals surface area contributed by atoms with E-state index in [0.29, 0.717) is 19.8 Å². The molecule has 2 aliphatic rings. The molecule has 1 amide bonds. The average molecular weight is 325 g/mol. The summed E-state index contributed by atoms with van der Waals surface area (Å²) in [5.41, 5.74) is 1.10. The molecule has 2 aromatic rings. The van der Waals surface area contributed by atoms with E-state index in [9.17, 15) is 4.79 Å². The maximum Gasteiger partial charge on any atom is 0.223 e. The van der Waals surface area contributed by atoms with Gasteiger partial charge in [-0.1, -0.05) is 36.4 Å². The maximum absolute atomic E-state index is 12.6. The van der Waals surface area contributed by atoms with Crippen LogP contribution in [0, 0.1) is 5.92 Å². The van der Waals surface area contributed by atoms with Crippen LogP contribution in [0.15, 0.2) is 36.4 Å². The van der Waals surface area contributed by atoms with Gasteiger partial charge in [-0.2, -0.15) is 0 Å². The van der Waals surface area contributed by atoms with Gasteiger partial charge in [0.2, 0.25) is 5.91 Å². The van der Waals surface area contributed by atoms with Gasteiger partial charge < -0.3 is 14.8 Å². The predicted octanol–water partition coefficient (Wildman–Crippen LogP) is 3.60. The van der Waals surface area contributed by atoms with Crippen molar-refractivity contribution in [3.8, 4) is 5.75 Å². The lowest BCUT2D eigenvalue weighted by Gasteiger charge is -2.25. The molecule has 1 fully saturated rings. The zero-order valence-electron chi connectivity index (χ0n) is 13.8. The summed E-state index contributed by atoms with van der Waals surface area (Å²) in [7, 11) is 0. The van der Waals surface area contributed by atoms with Crippen molar-refractivity contribution < 1.29 is 14.3 Å². The van der Waals surface area contributed by atoms with Crippen LogP contribution in [0.1, 0.15) is 37.3 Å². The lowest BCUT2D eigenvalue weighted by molar-refractivity contribution is -0.128. The minimum Gasteiger partial charge on any atom is -0.493 e. The van der Waals surface area contributed by atoms with Crippen LogP contribution >= 0.6 is 0 Å². The van der Waals surface area contributed by atoms with Crippen molar-refractivity contribution in [1.82, 2.24) is 5.32 Å². The summed E-state index contributed by atoms with van der Waals surface area (Å²) in [6.45, 7) is 2.07. The van der Waals surface area contributed by atoms with Crippen molar-refractivity contribution in [2.45, 2.75) is 31.7 Å². The van der Waals surface area contributed by atoms with Crippen LogP contribution < -0.4 is 10.1 Å². The standard InChI is InChI=1S/C20H23NO3/c22-20(15-9-12-23-13-10-15)21-18-6-3-11-24-19-16-5-2-1-4-14(16)7-8-17(18)19/h1-2,4-5,7-8,15,18H,3,6,9-13H2,(H,21,22)/t18-/m0/s1. The van der Waals surface area contributed by atoms with Gasteiger partial charge >= 0.3 is 0 Å². The smallest absolute Gasteiger partial charge is 0.223 e. The van der Waals surface area contributed by atoms with Crippen molar-refractivity contribution in [2.24, 2.45) is 5.92 Å². The number of ether oxygens (including phenoxy) is 2. The third-order valence-electron chi connectivity index (χ3n) is 5.08. The van der Waals surface area contributed by atoms with Gasteiger partial charge in [-0.3, -0.25) is 4.79 Å². The molecule has 0 aliphatic carbocycles. The largest absolute Gasteiger partial charge is 0.493 e. The van der Waals surface area contributed by atoms with Gasteiger partial charge in [0.15, 0.2) is 0 Å². The van der Waals surface area contributed by atoms with Crippen LogP contribution in [0.5, 0.6) is 5.75 Å². The van der Waals surface area contributed by atoms with Crippen LogP contribution in [0.25, 0.3) is 10.8 Å². The number of hydrogen-bond acceptors (Lipinski definition) is 3. The molecule has 0 bridgehead atoms. The third kappa shape index (κ3) is 2.98. The highest BCUT2D eigenvalue weighted by atomic mass is 16.5. The Morgan fingerprint density at radius 2 is 1.83 bits per heavy atom. The van der Waals surface area contributed by atoms with Crippen molar-refractivity contribution in [2.75, 3.05) is 19.8 Å². The number of amides is 1. The molecule has 0 unspecified atom stereocenters. The maximum atomic E-state index is 12.6. The minimum absolute atomic E-state index is 0.0300. The molecule has 0 aromatic heterocycles. The van der Waals surface area contributed by atoms with Gasteiger partial charge in [0, 0.05) is 30.1 Å². The van der Waals surface area contributed by atoms with E-state index in [2.05, 4.69) is 29.6 Å². The Hall–Kier alpha value is -2.07. The zero-order valence-corrected chi connectivity index (χ0v) is 13.8. The summed E-state index contributed by atoms with van der Waals surface area (Å²) < 4.78 is 11.4. The summed E-state index contributed by atoms with van der Waals surface area (Å²) in [6.07, 6.45) is 3.50. The molecule has 0 radical (unpaired) electrons. The molecule has 4 heteroatoms. The quantitative estimate of drug-likeness (QED) is 0.918. The van der Waals surface area contributed by atoms with E-state index >= 15 is 0 Å². The van der Waals surface area contributed by atoms with Gasteiger partial charge in [-0.05, 0) is 31.1 Å². The third-order valence-corrected chi connectivity index (χ3v) is 5.08. The monoisotopic (exact) mass is 325 g/mol. The van der Waals surface area contributed by atoms with Gasteiger partial charge in [0.05, 0.1) is 12.6 Å². The summed E-state index contributed by atoms with van der Waals surface area (Å²) in [4.78, 5) is 12.6. The van der Waals surface area contributed by atoms with Crippen molar-refractivity contribution >= 4 is 16.7 Å². The molecule has 4 rings (SSSR count). The second-order valence-electron chi connectivity index (χ2n) is 6.64. The molecule has 1 N–H and O–H groups in total. The van der Waals surface area contributed by atoms with E-state index in [0.717, 1.165) is 42.4 Å². The topological polar surface area (TPSA) is 47.6 Å². The SMILES string of the molecule is O=C(N[C@H]1CCCOc2c1ccc1ccccc21)C1CCOCC1. The first kappa shape index (κ1) is 15.5. The van der Waals surface area contributed by atoms with Crippen LogP contribution in [-0.2, 0) is 9.53 Å². The Morgan fingerprint density at radius 3 is 2.71 bits per heavy atom. The Labute approximate surface area is 142 Å². The molecule has 4 nitrogen and oxygen atoms in total. The normalized spacial score (nSPS) is 21.6. The van der Waals surface area contributed by atoms with E-state index in [-0.39, 0.29) is 17.9 Å². The predicted molar refractivity (Wildman–Crippen MR) is 93.1 cm³/mol. The highest BCUT2D eigenvalue weighted by molar-refractivity contribution is 5.90. The van der Waals surface area contributed by atoms with E-state index in [1.807, 2.05) is 12.1 Å². The Kier molecular flexibility index (Phi) is 4.39. The molecule has 24 heavy (non-hydrogen) atoms. The van der Waals surface area contributed by atoms with Crippen molar-refractivity contribution in [3.63, 3.8) is 0 Å². The summed E-state index contributed by atoms with van der Waals surface area (Å²) >= 11 is 0. The highest BCUT2D eigenvalue weighted by Crippen LogP contribution is 2.37. The van der Waals surface area contributed by atoms with Gasteiger partial charge in [0.1, 0.15) is 5.75 Å². The molecule has 2 aliphatic heterocycles. The van der Waals surface area contributed by atoms with E-state index in [1.165, 1.54) is 5.39 Å². The lowest BCUT2D eigenvalue weighted by atomic mass is 9.95. The first-order valence-electron chi connectivity index (χ1n) is 8.85. The van der Waals surface area contributed by atoms with Crippen LogP contribution in [0.2, 0.25) is 0 Å². The minimum atomic E-state index is 0.0300. The molecular formula is C20H23NO3. The first-order valence-corrected chi connectivity index (χ1v) is 8.85. The lowest BCUT2D eigenvalue weighted by Crippen LogP contribution is -2.36. The molecule has 1 saturated heterocycles. The van der Waals surface area contributed by atoms with E-state index in [4.69, 9.17) is 9.47 Å². The van der Waals surface area contributed by atoms with E-state index < -0.39 is 0 Å². The zero-order chi connectivity index (χ0) is 16.4. The molecule has 126 valence electrons. The second-order valence-corrected chi connectivity index (χ2v) is 6.64. The summed E-state index contributed by atoms with van der Waals surface area (Å²) in [5, 5.41) is 5.58. The molecule has 0 spiro atoms. The molecule has 1 atom stereocenters. The van der Waals surface area contributed by atoms with Crippen LogP contribution in [0.4, 0.5) is 0 Å². The fraction of sp³-hybridized carbons (Fsp3) is 0.450. The van der Waals surface area contributed by atoms with Gasteiger partial charge in [-0.25, -0.2) is 0 Å².